The molecule has 7 nitrogen and oxygen atoms in total. The summed E-state index contributed by atoms with van der Waals surface area (Å²) < 4.78 is 26.2. The van der Waals surface area contributed by atoms with Crippen molar-refractivity contribution in [3.63, 3.8) is 0 Å². The van der Waals surface area contributed by atoms with Crippen LogP contribution in [0.25, 0.3) is 0 Å². The standard InChI is InChI=1S/C24H30Cl3N3O4S/c1-4-6-13-28-24(32)21(5-2)29(15-17-11-12-18(25)20(27)14-17)23(31)16-30(35(3,33)34)22-10-8-7-9-19(22)26/h7-12,14,21H,4-6,13,15-16H2,1-3H3,(H,28,32)/t21-/m0/s1. The Labute approximate surface area is 222 Å². The summed E-state index contributed by atoms with van der Waals surface area (Å²) in [5, 5.41) is 3.73. The first kappa shape index (κ1) is 29.2. The summed E-state index contributed by atoms with van der Waals surface area (Å²) in [6, 6.07) is 10.5. The van der Waals surface area contributed by atoms with Gasteiger partial charge in [0.1, 0.15) is 12.6 Å². The summed E-state index contributed by atoms with van der Waals surface area (Å²) >= 11 is 18.4. The van der Waals surface area contributed by atoms with Crippen molar-refractivity contribution >= 4 is 62.3 Å². The third kappa shape index (κ3) is 8.27. The molecule has 0 saturated carbocycles. The molecule has 0 unspecified atom stereocenters. The van der Waals surface area contributed by atoms with E-state index in [1.807, 2.05) is 6.92 Å². The molecule has 2 aromatic carbocycles. The Morgan fingerprint density at radius 3 is 2.26 bits per heavy atom. The average Bonchev–Trinajstić information content (AvgIpc) is 2.79. The van der Waals surface area contributed by atoms with Crippen LogP contribution >= 0.6 is 34.8 Å². The molecule has 2 amide bonds. The Kier molecular flexibility index (Phi) is 11.1. The highest BCUT2D eigenvalue weighted by atomic mass is 35.5. The second-order valence-corrected chi connectivity index (χ2v) is 11.2. The number of unbranched alkanes of at least 4 members (excludes halogenated alkanes) is 1. The lowest BCUT2D eigenvalue weighted by atomic mass is 10.1. The fourth-order valence-corrected chi connectivity index (χ4v) is 4.98. The van der Waals surface area contributed by atoms with Crippen molar-refractivity contribution in [3.8, 4) is 0 Å². The van der Waals surface area contributed by atoms with Gasteiger partial charge in [-0.3, -0.25) is 13.9 Å². The molecule has 0 radical (unpaired) electrons. The third-order valence-electron chi connectivity index (χ3n) is 5.35. The minimum atomic E-state index is -3.86. The van der Waals surface area contributed by atoms with Crippen LogP contribution in [0.15, 0.2) is 42.5 Å². The van der Waals surface area contributed by atoms with Gasteiger partial charge in [0.2, 0.25) is 21.8 Å². The number of carbonyl (C=O) groups is 2. The van der Waals surface area contributed by atoms with E-state index in [9.17, 15) is 18.0 Å². The molecule has 0 spiro atoms. The van der Waals surface area contributed by atoms with Gasteiger partial charge in [-0.05, 0) is 42.7 Å². The lowest BCUT2D eigenvalue weighted by Gasteiger charge is -2.33. The third-order valence-corrected chi connectivity index (χ3v) is 7.54. The van der Waals surface area contributed by atoms with E-state index in [0.717, 1.165) is 23.4 Å². The normalized spacial score (nSPS) is 12.2. The molecule has 2 rings (SSSR count). The first-order valence-electron chi connectivity index (χ1n) is 11.2. The van der Waals surface area contributed by atoms with Gasteiger partial charge in [0.15, 0.2) is 0 Å². The highest BCUT2D eigenvalue weighted by Crippen LogP contribution is 2.28. The van der Waals surface area contributed by atoms with Crippen molar-refractivity contribution in [3.05, 3.63) is 63.1 Å². The zero-order chi connectivity index (χ0) is 26.2. The number of anilines is 1. The number of para-hydroxylation sites is 1. The molecule has 0 fully saturated rings. The second kappa shape index (κ2) is 13.3. The minimum Gasteiger partial charge on any atom is -0.354 e. The molecule has 1 N–H and O–H groups in total. The predicted octanol–water partition coefficient (Wildman–Crippen LogP) is 5.14. The van der Waals surface area contributed by atoms with E-state index < -0.39 is 28.5 Å². The molecule has 0 aliphatic rings. The van der Waals surface area contributed by atoms with Crippen molar-refractivity contribution in [2.24, 2.45) is 0 Å². The Morgan fingerprint density at radius 2 is 1.69 bits per heavy atom. The van der Waals surface area contributed by atoms with Crippen LogP contribution in [-0.4, -0.2) is 50.5 Å². The van der Waals surface area contributed by atoms with E-state index in [4.69, 9.17) is 34.8 Å². The van der Waals surface area contributed by atoms with E-state index in [1.165, 1.54) is 11.0 Å². The summed E-state index contributed by atoms with van der Waals surface area (Å²) in [5.74, 6) is -0.864. The quantitative estimate of drug-likeness (QED) is 0.363. The van der Waals surface area contributed by atoms with Crippen LogP contribution in [0.3, 0.4) is 0 Å². The van der Waals surface area contributed by atoms with Gasteiger partial charge in [-0.2, -0.15) is 0 Å². The van der Waals surface area contributed by atoms with E-state index in [-0.39, 0.29) is 23.2 Å². The highest BCUT2D eigenvalue weighted by Gasteiger charge is 2.32. The largest absolute Gasteiger partial charge is 0.354 e. The SMILES string of the molecule is CCCCNC(=O)[C@H](CC)N(Cc1ccc(Cl)c(Cl)c1)C(=O)CN(c1ccccc1Cl)S(C)(=O)=O. The number of sulfonamides is 1. The van der Waals surface area contributed by atoms with Gasteiger partial charge >= 0.3 is 0 Å². The van der Waals surface area contributed by atoms with Crippen LogP contribution < -0.4 is 9.62 Å². The Bertz CT molecular complexity index is 1140. The topological polar surface area (TPSA) is 86.8 Å². The van der Waals surface area contributed by atoms with E-state index in [1.54, 1.807) is 43.3 Å². The van der Waals surface area contributed by atoms with Gasteiger partial charge < -0.3 is 10.2 Å². The van der Waals surface area contributed by atoms with Crippen molar-refractivity contribution in [2.75, 3.05) is 23.7 Å². The zero-order valence-corrected chi connectivity index (χ0v) is 23.0. The van der Waals surface area contributed by atoms with Gasteiger partial charge in [0.05, 0.1) is 27.0 Å². The molecule has 192 valence electrons. The molecule has 1 atom stereocenters. The van der Waals surface area contributed by atoms with Crippen LogP contribution in [0.4, 0.5) is 5.69 Å². The number of carbonyl (C=O) groups excluding carboxylic acids is 2. The number of hydrogen-bond donors (Lipinski definition) is 1. The van der Waals surface area contributed by atoms with Crippen molar-refractivity contribution in [1.82, 2.24) is 10.2 Å². The number of nitrogens with zero attached hydrogens (tertiary/aromatic N) is 2. The van der Waals surface area contributed by atoms with E-state index >= 15 is 0 Å². The Balaban J connectivity index is 2.44. The first-order valence-corrected chi connectivity index (χ1v) is 14.2. The van der Waals surface area contributed by atoms with Crippen molar-refractivity contribution in [1.29, 1.82) is 0 Å². The Hall–Kier alpha value is -2.00. The summed E-state index contributed by atoms with van der Waals surface area (Å²) in [5.41, 5.74) is 0.830. The van der Waals surface area contributed by atoms with Gasteiger partial charge in [-0.25, -0.2) is 8.42 Å². The van der Waals surface area contributed by atoms with Crippen molar-refractivity contribution < 1.29 is 18.0 Å². The molecular weight excluding hydrogens is 533 g/mol. The fourth-order valence-electron chi connectivity index (χ4n) is 3.51. The second-order valence-electron chi connectivity index (χ2n) is 8.06. The van der Waals surface area contributed by atoms with Crippen LogP contribution in [-0.2, 0) is 26.2 Å². The molecule has 0 aromatic heterocycles. The number of nitrogens with one attached hydrogen (secondary N) is 1. The lowest BCUT2D eigenvalue weighted by Crippen LogP contribution is -2.52. The van der Waals surface area contributed by atoms with Gasteiger partial charge in [-0.15, -0.1) is 0 Å². The molecule has 11 heteroatoms. The van der Waals surface area contributed by atoms with Crippen LogP contribution in [0, 0.1) is 0 Å². The molecule has 2 aromatic rings. The lowest BCUT2D eigenvalue weighted by molar-refractivity contribution is -0.140. The number of hydrogen-bond acceptors (Lipinski definition) is 4. The fraction of sp³-hybridized carbons (Fsp3) is 0.417. The molecule has 35 heavy (non-hydrogen) atoms. The average molecular weight is 563 g/mol. The first-order chi connectivity index (χ1) is 16.5. The van der Waals surface area contributed by atoms with E-state index in [0.29, 0.717) is 28.6 Å². The maximum Gasteiger partial charge on any atom is 0.244 e. The summed E-state index contributed by atoms with van der Waals surface area (Å²) in [6.45, 7) is 3.80. The smallest absolute Gasteiger partial charge is 0.244 e. The maximum absolute atomic E-state index is 13.6. The van der Waals surface area contributed by atoms with E-state index in [2.05, 4.69) is 5.32 Å². The van der Waals surface area contributed by atoms with Crippen LogP contribution in [0.5, 0.6) is 0 Å². The monoisotopic (exact) mass is 561 g/mol. The maximum atomic E-state index is 13.6. The van der Waals surface area contributed by atoms with Gasteiger partial charge in [-0.1, -0.05) is 73.3 Å². The predicted molar refractivity (Wildman–Crippen MR) is 143 cm³/mol. The molecule has 0 heterocycles. The molecular formula is C24H30Cl3N3O4S. The molecule has 0 aliphatic carbocycles. The minimum absolute atomic E-state index is 0.0373. The van der Waals surface area contributed by atoms with Crippen molar-refractivity contribution in [2.45, 2.75) is 45.7 Å². The Morgan fingerprint density at radius 1 is 1.00 bits per heavy atom. The summed E-state index contributed by atoms with van der Waals surface area (Å²) in [4.78, 5) is 28.0. The zero-order valence-electron chi connectivity index (χ0n) is 19.9. The van der Waals surface area contributed by atoms with Crippen LogP contribution in [0.1, 0.15) is 38.7 Å². The summed E-state index contributed by atoms with van der Waals surface area (Å²) in [6.07, 6.45) is 3.04. The molecule has 0 bridgehead atoms. The molecule has 0 aliphatic heterocycles. The van der Waals surface area contributed by atoms with Crippen LogP contribution in [0.2, 0.25) is 15.1 Å². The van der Waals surface area contributed by atoms with Gasteiger partial charge in [0, 0.05) is 13.1 Å². The number of rotatable bonds is 12. The number of benzene rings is 2. The highest BCUT2D eigenvalue weighted by molar-refractivity contribution is 7.92. The molecule has 0 saturated heterocycles. The number of halogens is 3. The van der Waals surface area contributed by atoms with Gasteiger partial charge in [0.25, 0.3) is 0 Å². The summed E-state index contributed by atoms with van der Waals surface area (Å²) in [7, 11) is -3.86. The number of amides is 2.